The van der Waals surface area contributed by atoms with Crippen LogP contribution in [0.15, 0.2) is 5.38 Å². The molecule has 0 spiro atoms. The average molecular weight is 283 g/mol. The lowest BCUT2D eigenvalue weighted by molar-refractivity contribution is -0.124. The maximum Gasteiger partial charge on any atom is 0.237 e. The van der Waals surface area contributed by atoms with E-state index >= 15 is 0 Å². The van der Waals surface area contributed by atoms with Gasteiger partial charge in [-0.1, -0.05) is 6.92 Å². The van der Waals surface area contributed by atoms with Crippen molar-refractivity contribution in [1.82, 2.24) is 15.6 Å². The lowest BCUT2D eigenvalue weighted by Crippen LogP contribution is -2.50. The highest BCUT2D eigenvalue weighted by molar-refractivity contribution is 7.09. The van der Waals surface area contributed by atoms with Crippen molar-refractivity contribution in [2.45, 2.75) is 59.0 Å². The Morgan fingerprint density at radius 3 is 2.74 bits per heavy atom. The summed E-state index contributed by atoms with van der Waals surface area (Å²) in [5.74, 6) is 0.0568. The molecular weight excluding hydrogens is 258 g/mol. The lowest BCUT2D eigenvalue weighted by Gasteiger charge is -2.26. The number of hydrogen-bond donors (Lipinski definition) is 2. The van der Waals surface area contributed by atoms with E-state index in [2.05, 4.69) is 27.9 Å². The van der Waals surface area contributed by atoms with Gasteiger partial charge in [-0.2, -0.15) is 0 Å². The fourth-order valence-corrected chi connectivity index (χ4v) is 2.21. The van der Waals surface area contributed by atoms with Crippen LogP contribution in [0.4, 0.5) is 0 Å². The molecule has 0 radical (unpaired) electrons. The molecule has 1 unspecified atom stereocenters. The lowest BCUT2D eigenvalue weighted by atomic mass is 10.0. The second-order valence-corrected chi connectivity index (χ2v) is 6.57. The summed E-state index contributed by atoms with van der Waals surface area (Å²) in [5.41, 5.74) is 0.954. The quantitative estimate of drug-likeness (QED) is 0.807. The van der Waals surface area contributed by atoms with Crippen molar-refractivity contribution < 1.29 is 4.79 Å². The van der Waals surface area contributed by atoms with Gasteiger partial charge in [-0.25, -0.2) is 4.98 Å². The zero-order valence-electron chi connectivity index (χ0n) is 12.5. The Kier molecular flexibility index (Phi) is 5.94. The zero-order valence-corrected chi connectivity index (χ0v) is 13.4. The Hall–Kier alpha value is -0.940. The fraction of sp³-hybridized carbons (Fsp3) is 0.714. The van der Waals surface area contributed by atoms with E-state index in [4.69, 9.17) is 0 Å². The van der Waals surface area contributed by atoms with Gasteiger partial charge in [0, 0.05) is 23.9 Å². The maximum absolute atomic E-state index is 12.0. The number of carbonyl (C=O) groups is 1. The van der Waals surface area contributed by atoms with E-state index in [1.807, 2.05) is 27.7 Å². The van der Waals surface area contributed by atoms with Gasteiger partial charge in [0.25, 0.3) is 0 Å². The van der Waals surface area contributed by atoms with E-state index in [9.17, 15) is 4.79 Å². The topological polar surface area (TPSA) is 54.0 Å². The third-order valence-corrected chi connectivity index (χ3v) is 4.06. The first-order valence-electron chi connectivity index (χ1n) is 6.80. The van der Waals surface area contributed by atoms with Gasteiger partial charge in [-0.05, 0) is 34.1 Å². The summed E-state index contributed by atoms with van der Waals surface area (Å²) >= 11 is 1.66. The predicted octanol–water partition coefficient (Wildman–Crippen LogP) is 2.28. The summed E-state index contributed by atoms with van der Waals surface area (Å²) in [5, 5.41) is 9.44. The first-order valence-corrected chi connectivity index (χ1v) is 7.68. The van der Waals surface area contributed by atoms with Crippen molar-refractivity contribution in [2.75, 3.05) is 6.54 Å². The third-order valence-electron chi connectivity index (χ3n) is 3.24. The third kappa shape index (κ3) is 5.70. The summed E-state index contributed by atoms with van der Waals surface area (Å²) in [6.07, 6.45) is 1.78. The molecule has 0 aliphatic rings. The molecule has 0 aliphatic carbocycles. The van der Waals surface area contributed by atoms with E-state index in [1.54, 1.807) is 11.3 Å². The summed E-state index contributed by atoms with van der Waals surface area (Å²) in [7, 11) is 0. The second-order valence-electron chi connectivity index (χ2n) is 5.51. The second kappa shape index (κ2) is 7.01. The largest absolute Gasteiger partial charge is 0.350 e. The highest BCUT2D eigenvalue weighted by Crippen LogP contribution is 2.08. The van der Waals surface area contributed by atoms with E-state index in [0.717, 1.165) is 30.1 Å². The number of hydrogen-bond acceptors (Lipinski definition) is 4. The molecule has 108 valence electrons. The number of aromatic nitrogens is 1. The van der Waals surface area contributed by atoms with Gasteiger partial charge in [0.2, 0.25) is 5.91 Å². The summed E-state index contributed by atoms with van der Waals surface area (Å²) in [6, 6.07) is -0.175. The molecule has 0 bridgehead atoms. The Labute approximate surface area is 120 Å². The van der Waals surface area contributed by atoms with Crippen molar-refractivity contribution in [1.29, 1.82) is 0 Å². The molecule has 19 heavy (non-hydrogen) atoms. The Morgan fingerprint density at radius 1 is 1.53 bits per heavy atom. The predicted molar refractivity (Wildman–Crippen MR) is 80.5 cm³/mol. The molecule has 1 aromatic heterocycles. The summed E-state index contributed by atoms with van der Waals surface area (Å²) < 4.78 is 0. The Morgan fingerprint density at radius 2 is 2.21 bits per heavy atom. The van der Waals surface area contributed by atoms with Crippen LogP contribution in [-0.4, -0.2) is 29.0 Å². The van der Waals surface area contributed by atoms with Crippen LogP contribution in [-0.2, 0) is 11.2 Å². The van der Waals surface area contributed by atoms with Crippen LogP contribution >= 0.6 is 11.3 Å². The van der Waals surface area contributed by atoms with Crippen LogP contribution < -0.4 is 10.6 Å². The highest BCUT2D eigenvalue weighted by atomic mass is 32.1. The van der Waals surface area contributed by atoms with Crippen molar-refractivity contribution in [3.63, 3.8) is 0 Å². The number of nitrogens with one attached hydrogen (secondary N) is 2. The van der Waals surface area contributed by atoms with Crippen LogP contribution in [0.1, 0.15) is 44.8 Å². The first-order chi connectivity index (χ1) is 8.84. The number of amides is 1. The molecule has 1 aromatic rings. The van der Waals surface area contributed by atoms with Crippen LogP contribution in [0.25, 0.3) is 0 Å². The molecule has 1 heterocycles. The number of rotatable bonds is 7. The molecule has 1 rings (SSSR count). The van der Waals surface area contributed by atoms with Crippen molar-refractivity contribution >= 4 is 17.2 Å². The van der Waals surface area contributed by atoms with Gasteiger partial charge in [-0.15, -0.1) is 11.3 Å². The smallest absolute Gasteiger partial charge is 0.237 e. The fourth-order valence-electron chi connectivity index (χ4n) is 1.56. The molecule has 2 N–H and O–H groups in total. The van der Waals surface area contributed by atoms with Crippen molar-refractivity contribution in [3.05, 3.63) is 16.1 Å². The zero-order chi connectivity index (χ0) is 14.5. The molecule has 5 heteroatoms. The van der Waals surface area contributed by atoms with Gasteiger partial charge in [0.15, 0.2) is 0 Å². The number of thiazole rings is 1. The average Bonchev–Trinajstić information content (AvgIpc) is 2.74. The van der Waals surface area contributed by atoms with E-state index < -0.39 is 0 Å². The normalized spacial score (nSPS) is 13.3. The first kappa shape index (κ1) is 16.1. The van der Waals surface area contributed by atoms with E-state index in [1.165, 1.54) is 0 Å². The number of carbonyl (C=O) groups excluding carboxylic acids is 1. The van der Waals surface area contributed by atoms with Gasteiger partial charge >= 0.3 is 0 Å². The minimum Gasteiger partial charge on any atom is -0.350 e. The van der Waals surface area contributed by atoms with Crippen LogP contribution in [0.5, 0.6) is 0 Å². The molecule has 1 atom stereocenters. The maximum atomic E-state index is 12.0. The Bertz CT molecular complexity index is 415. The molecule has 0 aliphatic heterocycles. The van der Waals surface area contributed by atoms with Crippen LogP contribution in [0.2, 0.25) is 0 Å². The Balaban J connectivity index is 2.30. The molecular formula is C14H25N3OS. The van der Waals surface area contributed by atoms with E-state index in [-0.39, 0.29) is 17.5 Å². The highest BCUT2D eigenvalue weighted by Gasteiger charge is 2.21. The molecule has 1 amide bonds. The number of aryl methyl sites for hydroxylation is 1. The van der Waals surface area contributed by atoms with Gasteiger partial charge < -0.3 is 10.6 Å². The summed E-state index contributed by atoms with van der Waals surface area (Å²) in [6.45, 7) is 10.8. The molecule has 0 saturated heterocycles. The minimum atomic E-state index is -0.175. The minimum absolute atomic E-state index is 0.0568. The van der Waals surface area contributed by atoms with Crippen LogP contribution in [0.3, 0.4) is 0 Å². The van der Waals surface area contributed by atoms with Gasteiger partial charge in [0.05, 0.1) is 16.7 Å². The van der Waals surface area contributed by atoms with Crippen molar-refractivity contribution in [2.24, 2.45) is 0 Å². The molecule has 0 saturated carbocycles. The van der Waals surface area contributed by atoms with E-state index in [0.29, 0.717) is 0 Å². The molecule has 0 aromatic carbocycles. The standard InChI is InChI=1S/C14H25N3OS/c1-6-14(4,5)17-13(18)10(2)15-8-7-12-9-19-11(3)16-12/h9-10,15H,6-8H2,1-5H3,(H,17,18). The monoisotopic (exact) mass is 283 g/mol. The SMILES string of the molecule is CCC(C)(C)NC(=O)C(C)NCCc1csc(C)n1. The van der Waals surface area contributed by atoms with Crippen molar-refractivity contribution in [3.8, 4) is 0 Å². The van der Waals surface area contributed by atoms with Gasteiger partial charge in [-0.3, -0.25) is 4.79 Å². The summed E-state index contributed by atoms with van der Waals surface area (Å²) in [4.78, 5) is 16.4. The number of nitrogens with zero attached hydrogens (tertiary/aromatic N) is 1. The molecule has 0 fully saturated rings. The van der Waals surface area contributed by atoms with Gasteiger partial charge in [0.1, 0.15) is 0 Å². The molecule has 4 nitrogen and oxygen atoms in total. The van der Waals surface area contributed by atoms with Crippen LogP contribution in [0, 0.1) is 6.92 Å².